The molecule has 150 valence electrons. The smallest absolute Gasteiger partial charge is 0.262 e. The van der Waals surface area contributed by atoms with Crippen LogP contribution in [0.4, 0.5) is 5.69 Å². The van der Waals surface area contributed by atoms with Gasteiger partial charge in [0.2, 0.25) is 10.0 Å². The van der Waals surface area contributed by atoms with Gasteiger partial charge in [0.15, 0.2) is 6.61 Å². The molecule has 0 spiro atoms. The molecule has 1 aliphatic rings. The first-order valence-electron chi connectivity index (χ1n) is 9.40. The second kappa shape index (κ2) is 8.32. The molecule has 0 aromatic heterocycles. The number of sulfonamides is 1. The molecular weight excluding hydrogens is 376 g/mol. The minimum atomic E-state index is -3.56. The molecule has 0 aliphatic heterocycles. The Kier molecular flexibility index (Phi) is 6.05. The molecule has 1 amide bonds. The zero-order valence-electron chi connectivity index (χ0n) is 16.4. The molecule has 1 aliphatic carbocycles. The van der Waals surface area contributed by atoms with Gasteiger partial charge in [-0.05, 0) is 61.1 Å². The number of ether oxygens (including phenoxy) is 1. The number of amides is 1. The molecule has 0 heterocycles. The van der Waals surface area contributed by atoms with Crippen LogP contribution in [0.1, 0.15) is 43.7 Å². The number of rotatable bonds is 8. The minimum Gasteiger partial charge on any atom is -0.483 e. The van der Waals surface area contributed by atoms with Crippen LogP contribution in [0, 0.1) is 6.92 Å². The van der Waals surface area contributed by atoms with E-state index in [0.717, 1.165) is 24.0 Å². The maximum atomic E-state index is 12.3. The highest BCUT2D eigenvalue weighted by atomic mass is 32.2. The van der Waals surface area contributed by atoms with E-state index in [-0.39, 0.29) is 29.4 Å². The summed E-state index contributed by atoms with van der Waals surface area (Å²) in [7, 11) is -3.56. The van der Waals surface area contributed by atoms with Crippen LogP contribution in [0.25, 0.3) is 0 Å². The van der Waals surface area contributed by atoms with E-state index in [1.165, 1.54) is 12.1 Å². The van der Waals surface area contributed by atoms with E-state index in [2.05, 4.69) is 23.9 Å². The first kappa shape index (κ1) is 20.4. The van der Waals surface area contributed by atoms with Gasteiger partial charge in [-0.25, -0.2) is 13.1 Å². The van der Waals surface area contributed by atoms with Gasteiger partial charge in [-0.3, -0.25) is 4.79 Å². The number of hydrogen-bond donors (Lipinski definition) is 2. The van der Waals surface area contributed by atoms with Gasteiger partial charge in [0.05, 0.1) is 4.90 Å². The van der Waals surface area contributed by atoms with Crippen molar-refractivity contribution in [1.82, 2.24) is 4.72 Å². The normalized spacial score (nSPS) is 14.1. The van der Waals surface area contributed by atoms with E-state index in [4.69, 9.17) is 4.74 Å². The maximum absolute atomic E-state index is 12.3. The monoisotopic (exact) mass is 402 g/mol. The summed E-state index contributed by atoms with van der Waals surface area (Å²) in [6, 6.07) is 12.2. The quantitative estimate of drug-likeness (QED) is 0.707. The Bertz CT molecular complexity index is 966. The second-order valence-electron chi connectivity index (χ2n) is 7.46. The van der Waals surface area contributed by atoms with Crippen LogP contribution >= 0.6 is 0 Å². The van der Waals surface area contributed by atoms with Crippen molar-refractivity contribution in [2.45, 2.75) is 50.5 Å². The molecule has 2 aromatic rings. The molecule has 6 nitrogen and oxygen atoms in total. The fraction of sp³-hybridized carbons (Fsp3) is 0.381. The number of anilines is 1. The lowest BCUT2D eigenvalue weighted by molar-refractivity contribution is -0.118. The summed E-state index contributed by atoms with van der Waals surface area (Å²) >= 11 is 0. The number of carbonyl (C=O) groups excluding carboxylic acids is 1. The number of aryl methyl sites for hydroxylation is 1. The van der Waals surface area contributed by atoms with Crippen molar-refractivity contribution in [3.05, 3.63) is 53.6 Å². The van der Waals surface area contributed by atoms with Crippen molar-refractivity contribution in [2.24, 2.45) is 0 Å². The number of carbonyl (C=O) groups is 1. The van der Waals surface area contributed by atoms with Crippen LogP contribution in [-0.2, 0) is 14.8 Å². The van der Waals surface area contributed by atoms with Crippen LogP contribution in [0.2, 0.25) is 0 Å². The molecule has 0 atom stereocenters. The molecule has 2 aromatic carbocycles. The van der Waals surface area contributed by atoms with Gasteiger partial charge in [0.25, 0.3) is 5.91 Å². The van der Waals surface area contributed by atoms with Crippen LogP contribution < -0.4 is 14.8 Å². The summed E-state index contributed by atoms with van der Waals surface area (Å²) in [5, 5.41) is 2.70. The van der Waals surface area contributed by atoms with Crippen molar-refractivity contribution >= 4 is 21.6 Å². The molecular formula is C21H26N2O4S. The van der Waals surface area contributed by atoms with Gasteiger partial charge in [0, 0.05) is 11.7 Å². The summed E-state index contributed by atoms with van der Waals surface area (Å²) in [6.45, 7) is 5.96. The number of hydrogen-bond acceptors (Lipinski definition) is 4. The zero-order valence-corrected chi connectivity index (χ0v) is 17.2. The van der Waals surface area contributed by atoms with Crippen molar-refractivity contribution in [3.8, 4) is 5.75 Å². The molecule has 7 heteroatoms. The van der Waals surface area contributed by atoms with E-state index in [0.29, 0.717) is 11.4 Å². The lowest BCUT2D eigenvalue weighted by atomic mass is 10.0. The first-order valence-corrected chi connectivity index (χ1v) is 10.9. The minimum absolute atomic E-state index is 0.0288. The lowest BCUT2D eigenvalue weighted by Gasteiger charge is -2.15. The molecule has 0 radical (unpaired) electrons. The topological polar surface area (TPSA) is 84.5 Å². The van der Waals surface area contributed by atoms with E-state index in [9.17, 15) is 13.2 Å². The standard InChI is InChI=1S/C21H26N2O4S/c1-14(2)19-10-7-15(3)11-20(19)27-13-21(24)22-17-5-4-6-18(12-17)28(25,26)23-16-8-9-16/h4-7,10-12,14,16,23H,8-9,13H2,1-3H3,(H,22,24). The third kappa shape index (κ3) is 5.33. The Balaban J connectivity index is 1.64. The fourth-order valence-electron chi connectivity index (χ4n) is 2.81. The van der Waals surface area contributed by atoms with Crippen LogP contribution in [-0.4, -0.2) is 27.0 Å². The number of benzene rings is 2. The van der Waals surface area contributed by atoms with Gasteiger partial charge >= 0.3 is 0 Å². The molecule has 0 saturated heterocycles. The highest BCUT2D eigenvalue weighted by molar-refractivity contribution is 7.89. The predicted molar refractivity (Wildman–Crippen MR) is 109 cm³/mol. The zero-order chi connectivity index (χ0) is 20.3. The summed E-state index contributed by atoms with van der Waals surface area (Å²) in [5.74, 6) is 0.621. The van der Waals surface area contributed by atoms with Crippen molar-refractivity contribution in [3.63, 3.8) is 0 Å². The van der Waals surface area contributed by atoms with Gasteiger partial charge < -0.3 is 10.1 Å². The van der Waals surface area contributed by atoms with E-state index >= 15 is 0 Å². The SMILES string of the molecule is Cc1ccc(C(C)C)c(OCC(=O)Nc2cccc(S(=O)(=O)NC3CC3)c2)c1. The largest absolute Gasteiger partial charge is 0.483 e. The third-order valence-electron chi connectivity index (χ3n) is 4.48. The molecule has 28 heavy (non-hydrogen) atoms. The molecule has 0 bridgehead atoms. The van der Waals surface area contributed by atoms with Gasteiger partial charge in [-0.15, -0.1) is 0 Å². The molecule has 2 N–H and O–H groups in total. The van der Waals surface area contributed by atoms with E-state index in [1.807, 2.05) is 25.1 Å². The highest BCUT2D eigenvalue weighted by Crippen LogP contribution is 2.27. The van der Waals surface area contributed by atoms with Crippen LogP contribution in [0.15, 0.2) is 47.4 Å². The summed E-state index contributed by atoms with van der Waals surface area (Å²) < 4.78 is 33.0. The summed E-state index contributed by atoms with van der Waals surface area (Å²) in [4.78, 5) is 12.4. The molecule has 1 saturated carbocycles. The van der Waals surface area contributed by atoms with Gasteiger partial charge in [0.1, 0.15) is 5.75 Å². The Hall–Kier alpha value is -2.38. The third-order valence-corrected chi connectivity index (χ3v) is 6.00. The first-order chi connectivity index (χ1) is 13.2. The molecule has 3 rings (SSSR count). The average Bonchev–Trinajstić information content (AvgIpc) is 3.43. The Morgan fingerprint density at radius 3 is 2.61 bits per heavy atom. The van der Waals surface area contributed by atoms with Gasteiger partial charge in [-0.1, -0.05) is 32.0 Å². The van der Waals surface area contributed by atoms with Crippen molar-refractivity contribution < 1.29 is 17.9 Å². The van der Waals surface area contributed by atoms with E-state index < -0.39 is 10.0 Å². The average molecular weight is 403 g/mol. The maximum Gasteiger partial charge on any atom is 0.262 e. The van der Waals surface area contributed by atoms with Crippen molar-refractivity contribution in [2.75, 3.05) is 11.9 Å². The Labute approximate surface area is 166 Å². The molecule has 0 unspecified atom stereocenters. The molecule has 1 fully saturated rings. The fourth-order valence-corrected chi connectivity index (χ4v) is 4.16. The van der Waals surface area contributed by atoms with Gasteiger partial charge in [-0.2, -0.15) is 0 Å². The number of nitrogens with one attached hydrogen (secondary N) is 2. The highest BCUT2D eigenvalue weighted by Gasteiger charge is 2.28. The Morgan fingerprint density at radius 2 is 1.93 bits per heavy atom. The second-order valence-corrected chi connectivity index (χ2v) is 9.17. The summed E-state index contributed by atoms with van der Waals surface area (Å²) in [6.07, 6.45) is 1.73. The van der Waals surface area contributed by atoms with Crippen LogP contribution in [0.5, 0.6) is 5.75 Å². The predicted octanol–water partition coefficient (Wildman–Crippen LogP) is 3.58. The Morgan fingerprint density at radius 1 is 1.18 bits per heavy atom. The van der Waals surface area contributed by atoms with Crippen molar-refractivity contribution in [1.29, 1.82) is 0 Å². The summed E-state index contributed by atoms with van der Waals surface area (Å²) in [5.41, 5.74) is 2.51. The van der Waals surface area contributed by atoms with E-state index in [1.54, 1.807) is 12.1 Å². The lowest BCUT2D eigenvalue weighted by Crippen LogP contribution is -2.26. The van der Waals surface area contributed by atoms with Crippen LogP contribution in [0.3, 0.4) is 0 Å².